The number of rotatable bonds is 4. The third kappa shape index (κ3) is 2.60. The Kier molecular flexibility index (Phi) is 3.67. The molecule has 0 aromatic carbocycles. The fourth-order valence-corrected chi connectivity index (χ4v) is 1.61. The lowest BCUT2D eigenvalue weighted by atomic mass is 10.1. The summed E-state index contributed by atoms with van der Waals surface area (Å²) < 4.78 is 5.46. The van der Waals surface area contributed by atoms with Crippen LogP contribution in [0.4, 0.5) is 0 Å². The van der Waals surface area contributed by atoms with Gasteiger partial charge < -0.3 is 10.5 Å². The van der Waals surface area contributed by atoms with Crippen LogP contribution in [-0.2, 0) is 6.54 Å². The summed E-state index contributed by atoms with van der Waals surface area (Å²) in [6.07, 6.45) is 5.21. The molecule has 2 heterocycles. The van der Waals surface area contributed by atoms with Gasteiger partial charge in [-0.2, -0.15) is 0 Å². The van der Waals surface area contributed by atoms with E-state index >= 15 is 0 Å². The van der Waals surface area contributed by atoms with Crippen molar-refractivity contribution in [2.45, 2.75) is 13.5 Å². The molecule has 0 bridgehead atoms. The first-order valence-corrected chi connectivity index (χ1v) is 5.57. The maximum Gasteiger partial charge on any atom is 0.142 e. The zero-order chi connectivity index (χ0) is 12.1. The van der Waals surface area contributed by atoms with Crippen LogP contribution in [0.25, 0.3) is 11.3 Å². The van der Waals surface area contributed by atoms with Gasteiger partial charge in [0.15, 0.2) is 0 Å². The van der Waals surface area contributed by atoms with Gasteiger partial charge in [0.25, 0.3) is 0 Å². The molecule has 4 nitrogen and oxygen atoms in total. The van der Waals surface area contributed by atoms with E-state index in [-0.39, 0.29) is 0 Å². The molecule has 0 saturated heterocycles. The first-order valence-electron chi connectivity index (χ1n) is 5.57. The number of nitrogens with two attached hydrogens (primary N) is 1. The van der Waals surface area contributed by atoms with Crippen LogP contribution >= 0.6 is 0 Å². The van der Waals surface area contributed by atoms with Crippen molar-refractivity contribution in [2.75, 3.05) is 6.61 Å². The van der Waals surface area contributed by atoms with Crippen molar-refractivity contribution in [3.8, 4) is 17.0 Å². The van der Waals surface area contributed by atoms with Gasteiger partial charge >= 0.3 is 0 Å². The molecular formula is C13H15N3O. The first kappa shape index (κ1) is 11.5. The Hall–Kier alpha value is -1.94. The second kappa shape index (κ2) is 5.41. The lowest BCUT2D eigenvalue weighted by Gasteiger charge is -2.09. The molecule has 0 saturated carbocycles. The Morgan fingerprint density at radius 1 is 1.29 bits per heavy atom. The number of hydrogen-bond donors (Lipinski definition) is 1. The highest BCUT2D eigenvalue weighted by Crippen LogP contribution is 2.23. The summed E-state index contributed by atoms with van der Waals surface area (Å²) in [6.45, 7) is 3.00. The van der Waals surface area contributed by atoms with E-state index in [1.807, 2.05) is 25.1 Å². The smallest absolute Gasteiger partial charge is 0.142 e. The van der Waals surface area contributed by atoms with E-state index in [0.717, 1.165) is 22.6 Å². The van der Waals surface area contributed by atoms with Crippen LogP contribution in [0.2, 0.25) is 0 Å². The molecule has 0 unspecified atom stereocenters. The zero-order valence-electron chi connectivity index (χ0n) is 9.76. The Bertz CT molecular complexity index is 485. The normalized spacial score (nSPS) is 10.2. The molecular weight excluding hydrogens is 214 g/mol. The van der Waals surface area contributed by atoms with E-state index in [1.54, 1.807) is 18.6 Å². The average Bonchev–Trinajstić information content (AvgIpc) is 2.40. The molecule has 0 aliphatic carbocycles. The first-order chi connectivity index (χ1) is 8.35. The zero-order valence-corrected chi connectivity index (χ0v) is 9.76. The third-order valence-corrected chi connectivity index (χ3v) is 2.44. The summed E-state index contributed by atoms with van der Waals surface area (Å²) in [4.78, 5) is 8.35. The molecule has 0 fully saturated rings. The van der Waals surface area contributed by atoms with Crippen LogP contribution < -0.4 is 10.5 Å². The van der Waals surface area contributed by atoms with Crippen LogP contribution in [0.5, 0.6) is 5.75 Å². The number of nitrogens with zero attached hydrogens (tertiary/aromatic N) is 2. The lowest BCUT2D eigenvalue weighted by Crippen LogP contribution is -2.03. The monoisotopic (exact) mass is 229 g/mol. The molecule has 0 aliphatic heterocycles. The van der Waals surface area contributed by atoms with Gasteiger partial charge in [0.05, 0.1) is 18.5 Å². The maximum atomic E-state index is 5.71. The molecule has 0 aliphatic rings. The lowest BCUT2D eigenvalue weighted by molar-refractivity contribution is 0.335. The fraction of sp³-hybridized carbons (Fsp3) is 0.231. The predicted molar refractivity (Wildman–Crippen MR) is 66.5 cm³/mol. The van der Waals surface area contributed by atoms with E-state index in [9.17, 15) is 0 Å². The maximum absolute atomic E-state index is 5.71. The minimum Gasteiger partial charge on any atom is -0.492 e. The highest BCUT2D eigenvalue weighted by atomic mass is 16.5. The van der Waals surface area contributed by atoms with E-state index in [4.69, 9.17) is 10.5 Å². The summed E-state index contributed by atoms with van der Waals surface area (Å²) in [5.74, 6) is 0.757. The van der Waals surface area contributed by atoms with Gasteiger partial charge in [0.1, 0.15) is 5.75 Å². The van der Waals surface area contributed by atoms with Crippen molar-refractivity contribution in [3.63, 3.8) is 0 Å². The Morgan fingerprint density at radius 3 is 2.71 bits per heavy atom. The van der Waals surface area contributed by atoms with Crippen LogP contribution in [-0.4, -0.2) is 16.6 Å². The van der Waals surface area contributed by atoms with Gasteiger partial charge in [-0.25, -0.2) is 0 Å². The predicted octanol–water partition coefficient (Wildman–Crippen LogP) is 2.00. The second-order valence-corrected chi connectivity index (χ2v) is 3.55. The molecule has 2 N–H and O–H groups in total. The van der Waals surface area contributed by atoms with Crippen molar-refractivity contribution in [2.24, 2.45) is 5.73 Å². The van der Waals surface area contributed by atoms with Gasteiger partial charge in [0, 0.05) is 30.1 Å². The quantitative estimate of drug-likeness (QED) is 0.871. The summed E-state index contributed by atoms with van der Waals surface area (Å²) in [5, 5.41) is 0. The number of aromatic nitrogens is 2. The van der Waals surface area contributed by atoms with Crippen LogP contribution in [0.3, 0.4) is 0 Å². The van der Waals surface area contributed by atoms with Gasteiger partial charge in [-0.3, -0.25) is 9.97 Å². The second-order valence-electron chi connectivity index (χ2n) is 3.55. The number of pyridine rings is 2. The molecule has 0 radical (unpaired) electrons. The van der Waals surface area contributed by atoms with Gasteiger partial charge in [-0.1, -0.05) is 0 Å². The SMILES string of the molecule is CCOc1cnc(-c2ccncc2)cc1CN. The standard InChI is InChI=1S/C13H15N3O/c1-2-17-13-9-16-12(7-11(13)8-14)10-3-5-15-6-4-10/h3-7,9H,2,8,14H2,1H3. The summed E-state index contributed by atoms with van der Waals surface area (Å²) in [5.41, 5.74) is 8.59. The van der Waals surface area contributed by atoms with Crippen molar-refractivity contribution in [1.82, 2.24) is 9.97 Å². The van der Waals surface area contributed by atoms with Gasteiger partial charge in [-0.05, 0) is 25.1 Å². The number of hydrogen-bond acceptors (Lipinski definition) is 4. The summed E-state index contributed by atoms with van der Waals surface area (Å²) in [7, 11) is 0. The Labute approximate surface area is 100 Å². The van der Waals surface area contributed by atoms with E-state index in [2.05, 4.69) is 9.97 Å². The van der Waals surface area contributed by atoms with Crippen LogP contribution in [0, 0.1) is 0 Å². The van der Waals surface area contributed by atoms with Crippen molar-refractivity contribution >= 4 is 0 Å². The van der Waals surface area contributed by atoms with Crippen LogP contribution in [0.1, 0.15) is 12.5 Å². The van der Waals surface area contributed by atoms with Crippen LogP contribution in [0.15, 0.2) is 36.8 Å². The third-order valence-electron chi connectivity index (χ3n) is 2.44. The van der Waals surface area contributed by atoms with Crippen molar-refractivity contribution < 1.29 is 4.74 Å². The van der Waals surface area contributed by atoms with E-state index in [0.29, 0.717) is 13.2 Å². The molecule has 2 aromatic rings. The Balaban J connectivity index is 2.38. The van der Waals surface area contributed by atoms with Crippen molar-refractivity contribution in [3.05, 3.63) is 42.4 Å². The molecule has 2 rings (SSSR count). The number of ether oxygens (including phenoxy) is 1. The minimum atomic E-state index is 0.440. The molecule has 0 spiro atoms. The molecule has 88 valence electrons. The van der Waals surface area contributed by atoms with Crippen molar-refractivity contribution in [1.29, 1.82) is 0 Å². The molecule has 0 atom stereocenters. The van der Waals surface area contributed by atoms with Gasteiger partial charge in [0.2, 0.25) is 0 Å². The highest BCUT2D eigenvalue weighted by molar-refractivity contribution is 5.60. The fourth-order valence-electron chi connectivity index (χ4n) is 1.61. The molecule has 0 amide bonds. The minimum absolute atomic E-state index is 0.440. The van der Waals surface area contributed by atoms with E-state index < -0.39 is 0 Å². The summed E-state index contributed by atoms with van der Waals surface area (Å²) >= 11 is 0. The molecule has 4 heteroatoms. The van der Waals surface area contributed by atoms with Gasteiger partial charge in [-0.15, -0.1) is 0 Å². The van der Waals surface area contributed by atoms with E-state index in [1.165, 1.54) is 0 Å². The Morgan fingerprint density at radius 2 is 2.06 bits per heavy atom. The topological polar surface area (TPSA) is 61.0 Å². The average molecular weight is 229 g/mol. The summed E-state index contributed by atoms with van der Waals surface area (Å²) in [6, 6.07) is 5.80. The highest BCUT2D eigenvalue weighted by Gasteiger charge is 2.06. The largest absolute Gasteiger partial charge is 0.492 e. The molecule has 2 aromatic heterocycles. The molecule has 17 heavy (non-hydrogen) atoms.